The Labute approximate surface area is 119 Å². The molecule has 0 aliphatic heterocycles. The Morgan fingerprint density at radius 1 is 0.950 bits per heavy atom. The topological polar surface area (TPSA) is 40.5 Å². The molecule has 0 fully saturated rings. The Hall–Kier alpha value is -2.13. The highest BCUT2D eigenvalue weighted by Gasteiger charge is 2.18. The maximum absolute atomic E-state index is 12.1. The minimum Gasteiger partial charge on any atom is -0.384 e. The second-order valence-electron chi connectivity index (χ2n) is 4.84. The first-order chi connectivity index (χ1) is 9.66. The summed E-state index contributed by atoms with van der Waals surface area (Å²) < 4.78 is 0. The van der Waals surface area contributed by atoms with E-state index in [0.29, 0.717) is 13.1 Å². The molecule has 0 aromatic heterocycles. The largest absolute Gasteiger partial charge is 0.384 e. The molecule has 0 radical (unpaired) electrons. The number of benzene rings is 2. The van der Waals surface area contributed by atoms with Gasteiger partial charge in [-0.25, -0.2) is 0 Å². The highest BCUT2D eigenvalue weighted by Crippen LogP contribution is 2.11. The number of aliphatic hydroxyl groups is 1. The van der Waals surface area contributed by atoms with E-state index in [1.807, 2.05) is 60.7 Å². The van der Waals surface area contributed by atoms with Crippen molar-refractivity contribution in [1.29, 1.82) is 0 Å². The second-order valence-corrected chi connectivity index (χ2v) is 4.84. The standard InChI is InChI=1S/C17H19NO2/c1-14(19)17(20)18(12-15-8-4-2-5-9-15)13-16-10-6-3-7-11-16/h2-11,14,19H,12-13H2,1H3/t14-/m1/s1. The van der Waals surface area contributed by atoms with E-state index in [0.717, 1.165) is 11.1 Å². The molecule has 0 aliphatic rings. The molecule has 2 aromatic carbocycles. The first-order valence-corrected chi connectivity index (χ1v) is 6.71. The smallest absolute Gasteiger partial charge is 0.251 e. The molecule has 0 heterocycles. The predicted octanol–water partition coefficient (Wildman–Crippen LogP) is 2.60. The maximum Gasteiger partial charge on any atom is 0.251 e. The highest BCUT2D eigenvalue weighted by atomic mass is 16.3. The summed E-state index contributed by atoms with van der Waals surface area (Å²) in [6.45, 7) is 2.50. The zero-order valence-corrected chi connectivity index (χ0v) is 11.6. The van der Waals surface area contributed by atoms with Crippen molar-refractivity contribution < 1.29 is 9.90 Å². The molecule has 2 rings (SSSR count). The normalized spacial score (nSPS) is 11.9. The zero-order chi connectivity index (χ0) is 14.4. The molecule has 104 valence electrons. The molecule has 2 aromatic rings. The summed E-state index contributed by atoms with van der Waals surface area (Å²) >= 11 is 0. The van der Waals surface area contributed by atoms with Gasteiger partial charge in [0.05, 0.1) is 0 Å². The number of nitrogens with zero attached hydrogens (tertiary/aromatic N) is 1. The van der Waals surface area contributed by atoms with E-state index in [1.54, 1.807) is 4.90 Å². The summed E-state index contributed by atoms with van der Waals surface area (Å²) in [6, 6.07) is 19.6. The molecule has 1 amide bonds. The van der Waals surface area contributed by atoms with E-state index in [1.165, 1.54) is 6.92 Å². The van der Waals surface area contributed by atoms with E-state index in [2.05, 4.69) is 0 Å². The van der Waals surface area contributed by atoms with Crippen molar-refractivity contribution in [2.75, 3.05) is 0 Å². The van der Waals surface area contributed by atoms with E-state index in [-0.39, 0.29) is 5.91 Å². The predicted molar refractivity (Wildman–Crippen MR) is 78.8 cm³/mol. The van der Waals surface area contributed by atoms with E-state index < -0.39 is 6.10 Å². The molecule has 0 saturated carbocycles. The van der Waals surface area contributed by atoms with Crippen molar-refractivity contribution in [2.24, 2.45) is 0 Å². The van der Waals surface area contributed by atoms with Gasteiger partial charge >= 0.3 is 0 Å². The summed E-state index contributed by atoms with van der Waals surface area (Å²) in [5, 5.41) is 9.56. The van der Waals surface area contributed by atoms with Crippen molar-refractivity contribution in [3.8, 4) is 0 Å². The maximum atomic E-state index is 12.1. The monoisotopic (exact) mass is 269 g/mol. The third kappa shape index (κ3) is 3.93. The lowest BCUT2D eigenvalue weighted by molar-refractivity contribution is -0.140. The van der Waals surface area contributed by atoms with Gasteiger partial charge in [0.2, 0.25) is 0 Å². The van der Waals surface area contributed by atoms with Crippen LogP contribution in [0.2, 0.25) is 0 Å². The van der Waals surface area contributed by atoms with E-state index in [9.17, 15) is 9.90 Å². The fourth-order valence-corrected chi connectivity index (χ4v) is 2.08. The number of hydrogen-bond acceptors (Lipinski definition) is 2. The Balaban J connectivity index is 2.15. The number of hydrogen-bond donors (Lipinski definition) is 1. The van der Waals surface area contributed by atoms with Gasteiger partial charge in [-0.3, -0.25) is 4.79 Å². The molecule has 0 bridgehead atoms. The molecular weight excluding hydrogens is 250 g/mol. The molecule has 3 nitrogen and oxygen atoms in total. The molecule has 1 atom stereocenters. The average Bonchev–Trinajstić information content (AvgIpc) is 2.48. The minimum absolute atomic E-state index is 0.252. The summed E-state index contributed by atoms with van der Waals surface area (Å²) in [4.78, 5) is 13.8. The van der Waals surface area contributed by atoms with Crippen LogP contribution in [0.1, 0.15) is 18.1 Å². The highest BCUT2D eigenvalue weighted by molar-refractivity contribution is 5.80. The van der Waals surface area contributed by atoms with Crippen molar-refractivity contribution >= 4 is 5.91 Å². The molecular formula is C17H19NO2. The van der Waals surface area contributed by atoms with Crippen LogP contribution in [0.4, 0.5) is 0 Å². The molecule has 0 spiro atoms. The van der Waals surface area contributed by atoms with Crippen LogP contribution in [0.5, 0.6) is 0 Å². The van der Waals surface area contributed by atoms with Gasteiger partial charge in [-0.1, -0.05) is 60.7 Å². The number of carbonyl (C=O) groups is 1. The first-order valence-electron chi connectivity index (χ1n) is 6.71. The fourth-order valence-electron chi connectivity index (χ4n) is 2.08. The number of carbonyl (C=O) groups excluding carboxylic acids is 1. The molecule has 0 saturated heterocycles. The van der Waals surface area contributed by atoms with Crippen LogP contribution in [0.15, 0.2) is 60.7 Å². The van der Waals surface area contributed by atoms with Crippen LogP contribution in [0.3, 0.4) is 0 Å². The van der Waals surface area contributed by atoms with Crippen LogP contribution >= 0.6 is 0 Å². The van der Waals surface area contributed by atoms with Crippen LogP contribution in [-0.2, 0) is 17.9 Å². The molecule has 0 unspecified atom stereocenters. The van der Waals surface area contributed by atoms with Crippen molar-refractivity contribution in [3.05, 3.63) is 71.8 Å². The Kier molecular flexibility index (Phi) is 4.91. The van der Waals surface area contributed by atoms with Crippen molar-refractivity contribution in [3.63, 3.8) is 0 Å². The molecule has 1 N–H and O–H groups in total. The first kappa shape index (κ1) is 14.3. The number of amides is 1. The van der Waals surface area contributed by atoms with Gasteiger partial charge in [-0.05, 0) is 18.1 Å². The van der Waals surface area contributed by atoms with Crippen molar-refractivity contribution in [1.82, 2.24) is 4.90 Å². The quantitative estimate of drug-likeness (QED) is 0.906. The number of aliphatic hydroxyl groups excluding tert-OH is 1. The van der Waals surface area contributed by atoms with Crippen LogP contribution in [0, 0.1) is 0 Å². The molecule has 3 heteroatoms. The fraction of sp³-hybridized carbons (Fsp3) is 0.235. The zero-order valence-electron chi connectivity index (χ0n) is 11.6. The van der Waals surface area contributed by atoms with Gasteiger partial charge in [0.15, 0.2) is 0 Å². The van der Waals surface area contributed by atoms with E-state index in [4.69, 9.17) is 0 Å². The molecule has 0 aliphatic carbocycles. The van der Waals surface area contributed by atoms with E-state index >= 15 is 0 Å². The Morgan fingerprint density at radius 3 is 1.70 bits per heavy atom. The van der Waals surface area contributed by atoms with Crippen LogP contribution in [-0.4, -0.2) is 22.0 Å². The summed E-state index contributed by atoms with van der Waals surface area (Å²) in [5.41, 5.74) is 2.11. The third-order valence-corrected chi connectivity index (χ3v) is 3.10. The lowest BCUT2D eigenvalue weighted by Crippen LogP contribution is -2.36. The molecule has 20 heavy (non-hydrogen) atoms. The summed E-state index contributed by atoms with van der Waals surface area (Å²) in [6.07, 6.45) is -0.984. The SMILES string of the molecule is C[C@@H](O)C(=O)N(Cc1ccccc1)Cc1ccccc1. The van der Waals surface area contributed by atoms with Gasteiger partial charge in [0.25, 0.3) is 5.91 Å². The third-order valence-electron chi connectivity index (χ3n) is 3.10. The minimum atomic E-state index is -0.984. The lowest BCUT2D eigenvalue weighted by Gasteiger charge is -2.24. The van der Waals surface area contributed by atoms with Crippen LogP contribution in [0.25, 0.3) is 0 Å². The van der Waals surface area contributed by atoms with Gasteiger partial charge in [0.1, 0.15) is 6.10 Å². The van der Waals surface area contributed by atoms with Gasteiger partial charge in [0, 0.05) is 13.1 Å². The van der Waals surface area contributed by atoms with Gasteiger partial charge in [-0.15, -0.1) is 0 Å². The summed E-state index contributed by atoms with van der Waals surface area (Å²) in [5.74, 6) is -0.252. The van der Waals surface area contributed by atoms with Gasteiger partial charge in [-0.2, -0.15) is 0 Å². The van der Waals surface area contributed by atoms with Crippen molar-refractivity contribution in [2.45, 2.75) is 26.1 Å². The lowest BCUT2D eigenvalue weighted by atomic mass is 10.1. The summed E-state index contributed by atoms with van der Waals surface area (Å²) in [7, 11) is 0. The second kappa shape index (κ2) is 6.87. The number of rotatable bonds is 5. The average molecular weight is 269 g/mol. The van der Waals surface area contributed by atoms with Gasteiger partial charge < -0.3 is 10.0 Å². The Morgan fingerprint density at radius 2 is 1.35 bits per heavy atom. The van der Waals surface area contributed by atoms with Crippen LogP contribution < -0.4 is 0 Å². The Bertz CT molecular complexity index is 496.